The van der Waals surface area contributed by atoms with E-state index in [-0.39, 0.29) is 6.04 Å². The summed E-state index contributed by atoms with van der Waals surface area (Å²) >= 11 is 0. The number of nitrogens with zero attached hydrogens (tertiary/aromatic N) is 5. The van der Waals surface area contributed by atoms with Gasteiger partial charge in [-0.3, -0.25) is 14.6 Å². The molecular formula is C29H35N7. The summed E-state index contributed by atoms with van der Waals surface area (Å²) in [5.74, 6) is 1.01. The Balaban J connectivity index is 1.55. The number of fused-ring (bicyclic) bond motifs is 1. The molecule has 2 N–H and O–H groups in total. The minimum atomic E-state index is 0.111. The highest BCUT2D eigenvalue weighted by Crippen LogP contribution is 2.36. The van der Waals surface area contributed by atoms with Crippen molar-refractivity contribution in [3.63, 3.8) is 0 Å². The van der Waals surface area contributed by atoms with E-state index in [4.69, 9.17) is 4.98 Å². The van der Waals surface area contributed by atoms with E-state index >= 15 is 0 Å². The largest absolute Gasteiger partial charge is 0.376 e. The maximum atomic E-state index is 4.71. The molecule has 7 heteroatoms. The van der Waals surface area contributed by atoms with Crippen LogP contribution in [0.4, 0.5) is 5.69 Å². The predicted octanol–water partition coefficient (Wildman–Crippen LogP) is 5.56. The lowest BCUT2D eigenvalue weighted by atomic mass is 9.88. The van der Waals surface area contributed by atoms with E-state index in [1.54, 1.807) is 12.4 Å². The van der Waals surface area contributed by atoms with Gasteiger partial charge in [0, 0.05) is 30.7 Å². The lowest BCUT2D eigenvalue weighted by molar-refractivity contribution is 0.327. The summed E-state index contributed by atoms with van der Waals surface area (Å²) in [6, 6.07) is 11.1. The molecule has 0 bridgehead atoms. The van der Waals surface area contributed by atoms with Crippen LogP contribution in [0.3, 0.4) is 0 Å². The van der Waals surface area contributed by atoms with Gasteiger partial charge in [-0.05, 0) is 73.5 Å². The molecule has 0 radical (unpaired) electrons. The fourth-order valence-electron chi connectivity index (χ4n) is 5.07. The molecule has 2 aromatic carbocycles. The standard InChI is InChI=1S/C29H35N7/c1-19(2)5-6-21-7-8-23(15-20(21)3)25-16-24(17-26-29(25)32-14-13-31-26)34-28(22-9-11-30-12-10-22)27-18-33-35-36(27)4/h5-8,13-19,22,28,30,34H,9-12H2,1-4H3/b6-5-. The van der Waals surface area contributed by atoms with Crippen LogP contribution < -0.4 is 10.6 Å². The summed E-state index contributed by atoms with van der Waals surface area (Å²) in [5, 5.41) is 15.7. The Hall–Kier alpha value is -3.58. The van der Waals surface area contributed by atoms with E-state index in [0.717, 1.165) is 59.5 Å². The molecular weight excluding hydrogens is 446 g/mol. The zero-order valence-electron chi connectivity index (χ0n) is 21.6. The summed E-state index contributed by atoms with van der Waals surface area (Å²) in [4.78, 5) is 9.37. The first-order valence-corrected chi connectivity index (χ1v) is 12.9. The maximum Gasteiger partial charge on any atom is 0.0966 e. The molecule has 1 aliphatic heterocycles. The lowest BCUT2D eigenvalue weighted by Gasteiger charge is -2.32. The Labute approximate surface area is 213 Å². The van der Waals surface area contributed by atoms with Crippen LogP contribution in [-0.2, 0) is 7.05 Å². The SMILES string of the molecule is Cc1cc(-c2cc(NC(c3cnnn3C)C3CCNCC3)cc3nccnc23)ccc1/C=C\C(C)C. The molecule has 1 saturated heterocycles. The van der Waals surface area contributed by atoms with Crippen molar-refractivity contribution in [2.45, 2.75) is 39.7 Å². The van der Waals surface area contributed by atoms with Gasteiger partial charge >= 0.3 is 0 Å². The van der Waals surface area contributed by atoms with E-state index in [2.05, 4.69) is 89.2 Å². The molecule has 2 aromatic heterocycles. The Morgan fingerprint density at radius 1 is 1.08 bits per heavy atom. The van der Waals surface area contributed by atoms with E-state index in [1.807, 2.05) is 17.9 Å². The van der Waals surface area contributed by atoms with Crippen molar-refractivity contribution in [2.75, 3.05) is 18.4 Å². The molecule has 7 nitrogen and oxygen atoms in total. The van der Waals surface area contributed by atoms with Gasteiger partial charge in [-0.25, -0.2) is 0 Å². The summed E-state index contributed by atoms with van der Waals surface area (Å²) < 4.78 is 1.88. The van der Waals surface area contributed by atoms with Crippen molar-refractivity contribution in [3.8, 4) is 11.1 Å². The Morgan fingerprint density at radius 2 is 1.89 bits per heavy atom. The van der Waals surface area contributed by atoms with Gasteiger partial charge < -0.3 is 10.6 Å². The summed E-state index contributed by atoms with van der Waals surface area (Å²) in [7, 11) is 1.97. The maximum absolute atomic E-state index is 4.71. The number of anilines is 1. The molecule has 0 amide bonds. The number of allylic oxidation sites excluding steroid dienone is 1. The third kappa shape index (κ3) is 5.16. The summed E-state index contributed by atoms with van der Waals surface area (Å²) in [5.41, 5.74) is 8.63. The topological polar surface area (TPSA) is 80.5 Å². The van der Waals surface area contributed by atoms with Gasteiger partial charge in [0.05, 0.1) is 29.0 Å². The number of rotatable bonds is 7. The second-order valence-electron chi connectivity index (χ2n) is 10.1. The van der Waals surface area contributed by atoms with E-state index < -0.39 is 0 Å². The van der Waals surface area contributed by atoms with Gasteiger partial charge in [-0.15, -0.1) is 5.10 Å². The first-order valence-electron chi connectivity index (χ1n) is 12.9. The molecule has 0 saturated carbocycles. The van der Waals surface area contributed by atoms with Crippen molar-refractivity contribution in [1.29, 1.82) is 0 Å². The molecule has 1 unspecified atom stereocenters. The molecule has 1 atom stereocenters. The van der Waals surface area contributed by atoms with Crippen LogP contribution in [0.5, 0.6) is 0 Å². The van der Waals surface area contributed by atoms with Gasteiger partial charge in [-0.2, -0.15) is 0 Å². The zero-order valence-corrected chi connectivity index (χ0v) is 21.6. The van der Waals surface area contributed by atoms with Crippen molar-refractivity contribution in [3.05, 3.63) is 71.8 Å². The van der Waals surface area contributed by atoms with Gasteiger partial charge in [0.2, 0.25) is 0 Å². The average Bonchev–Trinajstić information content (AvgIpc) is 3.32. The molecule has 186 valence electrons. The minimum Gasteiger partial charge on any atom is -0.376 e. The van der Waals surface area contributed by atoms with Crippen LogP contribution in [0.15, 0.2) is 55.0 Å². The second kappa shape index (κ2) is 10.6. The summed E-state index contributed by atoms with van der Waals surface area (Å²) in [6.45, 7) is 8.62. The van der Waals surface area contributed by atoms with Crippen LogP contribution in [0, 0.1) is 18.8 Å². The smallest absolute Gasteiger partial charge is 0.0966 e. The number of aryl methyl sites for hydroxylation is 2. The number of piperidine rings is 1. The normalized spacial score (nSPS) is 15.7. The Morgan fingerprint density at radius 3 is 2.61 bits per heavy atom. The molecule has 4 aromatic rings. The van der Waals surface area contributed by atoms with Crippen molar-refractivity contribution in [1.82, 2.24) is 30.3 Å². The fraction of sp³-hybridized carbons (Fsp3) is 0.379. The first-order chi connectivity index (χ1) is 17.5. The van der Waals surface area contributed by atoms with Crippen LogP contribution in [0.25, 0.3) is 28.2 Å². The number of aromatic nitrogens is 5. The number of hydrogen-bond donors (Lipinski definition) is 2. The average molecular weight is 482 g/mol. The molecule has 1 aliphatic rings. The number of benzene rings is 2. The minimum absolute atomic E-state index is 0.111. The van der Waals surface area contributed by atoms with Gasteiger partial charge in [0.25, 0.3) is 0 Å². The molecule has 0 spiro atoms. The third-order valence-corrected chi connectivity index (χ3v) is 7.06. The van der Waals surface area contributed by atoms with Crippen molar-refractivity contribution in [2.24, 2.45) is 18.9 Å². The van der Waals surface area contributed by atoms with Crippen LogP contribution in [0.1, 0.15) is 49.6 Å². The van der Waals surface area contributed by atoms with E-state index in [9.17, 15) is 0 Å². The highest BCUT2D eigenvalue weighted by molar-refractivity contribution is 5.94. The third-order valence-electron chi connectivity index (χ3n) is 7.06. The van der Waals surface area contributed by atoms with Crippen molar-refractivity contribution < 1.29 is 0 Å². The molecule has 3 heterocycles. The lowest BCUT2D eigenvalue weighted by Crippen LogP contribution is -2.34. The van der Waals surface area contributed by atoms with Crippen LogP contribution >= 0.6 is 0 Å². The Bertz CT molecular complexity index is 1370. The van der Waals surface area contributed by atoms with Gasteiger partial charge in [-0.1, -0.05) is 49.4 Å². The number of nitrogens with one attached hydrogen (secondary N) is 2. The molecule has 36 heavy (non-hydrogen) atoms. The zero-order chi connectivity index (χ0) is 25.1. The van der Waals surface area contributed by atoms with E-state index in [1.165, 1.54) is 11.1 Å². The van der Waals surface area contributed by atoms with Crippen molar-refractivity contribution >= 4 is 22.8 Å². The van der Waals surface area contributed by atoms with Gasteiger partial charge in [0.15, 0.2) is 0 Å². The van der Waals surface area contributed by atoms with Gasteiger partial charge in [0.1, 0.15) is 0 Å². The molecule has 5 rings (SSSR count). The number of hydrogen-bond acceptors (Lipinski definition) is 6. The quantitative estimate of drug-likeness (QED) is 0.360. The van der Waals surface area contributed by atoms with Crippen LogP contribution in [-0.4, -0.2) is 38.1 Å². The van der Waals surface area contributed by atoms with Crippen LogP contribution in [0.2, 0.25) is 0 Å². The monoisotopic (exact) mass is 481 g/mol. The first kappa shape index (κ1) is 24.1. The molecule has 1 fully saturated rings. The highest BCUT2D eigenvalue weighted by Gasteiger charge is 2.28. The van der Waals surface area contributed by atoms with E-state index in [0.29, 0.717) is 11.8 Å². The second-order valence-corrected chi connectivity index (χ2v) is 10.1. The Kier molecular flexibility index (Phi) is 7.09. The predicted molar refractivity (Wildman–Crippen MR) is 147 cm³/mol. The molecule has 0 aliphatic carbocycles. The highest BCUT2D eigenvalue weighted by atomic mass is 15.4. The fourth-order valence-corrected chi connectivity index (χ4v) is 5.07. The summed E-state index contributed by atoms with van der Waals surface area (Å²) in [6.07, 6.45) is 12.1.